The van der Waals surface area contributed by atoms with Gasteiger partial charge in [-0.2, -0.15) is 0 Å². The number of esters is 1. The van der Waals surface area contributed by atoms with E-state index in [1.54, 1.807) is 12.1 Å². The zero-order valence-electron chi connectivity index (χ0n) is 10.3. The highest BCUT2D eigenvalue weighted by Crippen LogP contribution is 2.28. The van der Waals surface area contributed by atoms with E-state index in [1.807, 2.05) is 0 Å². The van der Waals surface area contributed by atoms with E-state index < -0.39 is 5.97 Å². The lowest BCUT2D eigenvalue weighted by Gasteiger charge is -2.22. The van der Waals surface area contributed by atoms with Crippen LogP contribution in [0.15, 0.2) is 21.1 Å². The summed E-state index contributed by atoms with van der Waals surface area (Å²) in [6, 6.07) is 3.44. The predicted molar refractivity (Wildman–Crippen MR) is 80.1 cm³/mol. The highest BCUT2D eigenvalue weighted by Gasteiger charge is 2.19. The van der Waals surface area contributed by atoms with E-state index in [1.165, 1.54) is 0 Å². The van der Waals surface area contributed by atoms with Gasteiger partial charge in [0.15, 0.2) is 0 Å². The summed E-state index contributed by atoms with van der Waals surface area (Å²) in [5.41, 5.74) is 6.61. The fourth-order valence-corrected chi connectivity index (χ4v) is 3.16. The Bertz CT molecular complexity index is 473. The summed E-state index contributed by atoms with van der Waals surface area (Å²) in [5.74, 6) is -0.423. The van der Waals surface area contributed by atoms with Crippen molar-refractivity contribution in [1.29, 1.82) is 0 Å². The summed E-state index contributed by atoms with van der Waals surface area (Å²) in [6.07, 6.45) is 3.14. The molecule has 6 heteroatoms. The minimum Gasteiger partial charge on any atom is -0.459 e. The van der Waals surface area contributed by atoms with Crippen molar-refractivity contribution in [2.45, 2.75) is 25.4 Å². The van der Waals surface area contributed by atoms with E-state index in [-0.39, 0.29) is 12.7 Å². The summed E-state index contributed by atoms with van der Waals surface area (Å²) in [5, 5.41) is 0. The highest BCUT2D eigenvalue weighted by atomic mass is 79.9. The van der Waals surface area contributed by atoms with E-state index >= 15 is 0 Å². The lowest BCUT2D eigenvalue weighted by atomic mass is 10.1. The number of benzene rings is 1. The summed E-state index contributed by atoms with van der Waals surface area (Å²) >= 11 is 6.63. The fraction of sp³-hybridized carbons (Fsp3) is 0.462. The third-order valence-electron chi connectivity index (χ3n) is 2.99. The molecule has 1 saturated heterocycles. The second-order valence-electron chi connectivity index (χ2n) is 4.44. The molecular formula is C13H15Br2NO3. The van der Waals surface area contributed by atoms with E-state index in [0.717, 1.165) is 30.3 Å². The largest absolute Gasteiger partial charge is 0.459 e. The van der Waals surface area contributed by atoms with Crippen LogP contribution in [0, 0.1) is 0 Å². The van der Waals surface area contributed by atoms with Crippen LogP contribution in [0.25, 0.3) is 0 Å². The van der Waals surface area contributed by atoms with Crippen molar-refractivity contribution < 1.29 is 14.3 Å². The van der Waals surface area contributed by atoms with Gasteiger partial charge >= 0.3 is 5.97 Å². The molecule has 1 fully saturated rings. The molecule has 2 N–H and O–H groups in total. The number of nitrogens with two attached hydrogens (primary N) is 1. The van der Waals surface area contributed by atoms with E-state index in [2.05, 4.69) is 31.9 Å². The van der Waals surface area contributed by atoms with Crippen molar-refractivity contribution in [3.63, 3.8) is 0 Å². The Morgan fingerprint density at radius 3 is 2.89 bits per heavy atom. The van der Waals surface area contributed by atoms with Crippen LogP contribution in [0.5, 0.6) is 0 Å². The molecular weight excluding hydrogens is 378 g/mol. The van der Waals surface area contributed by atoms with Crippen molar-refractivity contribution in [2.24, 2.45) is 0 Å². The summed E-state index contributed by atoms with van der Waals surface area (Å²) in [6.45, 7) is 1.02. The third-order valence-corrected chi connectivity index (χ3v) is 4.10. The average molecular weight is 393 g/mol. The molecule has 1 aromatic carbocycles. The fourth-order valence-electron chi connectivity index (χ4n) is 1.94. The molecule has 1 unspecified atom stereocenters. The van der Waals surface area contributed by atoms with Crippen molar-refractivity contribution >= 4 is 43.5 Å². The summed E-state index contributed by atoms with van der Waals surface area (Å²) < 4.78 is 12.2. The zero-order chi connectivity index (χ0) is 13.8. The van der Waals surface area contributed by atoms with Gasteiger partial charge in [-0.05, 0) is 47.3 Å². The number of nitrogen functional groups attached to an aromatic ring is 1. The number of rotatable bonds is 3. The molecule has 19 heavy (non-hydrogen) atoms. The van der Waals surface area contributed by atoms with Gasteiger partial charge < -0.3 is 15.2 Å². The molecule has 0 saturated carbocycles. The van der Waals surface area contributed by atoms with Gasteiger partial charge in [0, 0.05) is 15.6 Å². The van der Waals surface area contributed by atoms with Crippen LogP contribution in [-0.2, 0) is 9.47 Å². The summed E-state index contributed by atoms with van der Waals surface area (Å²) in [4.78, 5) is 12.0. The lowest BCUT2D eigenvalue weighted by Crippen LogP contribution is -2.26. The number of carbonyl (C=O) groups is 1. The van der Waals surface area contributed by atoms with E-state index in [0.29, 0.717) is 15.7 Å². The zero-order valence-corrected chi connectivity index (χ0v) is 13.5. The molecule has 0 bridgehead atoms. The number of carbonyl (C=O) groups excluding carboxylic acids is 1. The first kappa shape index (κ1) is 14.8. The average Bonchev–Trinajstić information content (AvgIpc) is 2.41. The van der Waals surface area contributed by atoms with Gasteiger partial charge in [0.05, 0.1) is 17.4 Å². The molecule has 0 amide bonds. The topological polar surface area (TPSA) is 61.6 Å². The van der Waals surface area contributed by atoms with Crippen LogP contribution < -0.4 is 5.73 Å². The molecule has 1 aliphatic rings. The predicted octanol–water partition coefficient (Wildman–Crippen LogP) is 3.52. The Labute approximate surface area is 128 Å². The van der Waals surface area contributed by atoms with Crippen molar-refractivity contribution in [3.8, 4) is 0 Å². The first-order valence-corrected chi connectivity index (χ1v) is 7.70. The maximum absolute atomic E-state index is 12.0. The van der Waals surface area contributed by atoms with E-state index in [9.17, 15) is 4.79 Å². The molecule has 1 atom stereocenters. The van der Waals surface area contributed by atoms with Gasteiger partial charge in [-0.25, -0.2) is 4.79 Å². The molecule has 1 aliphatic heterocycles. The first-order chi connectivity index (χ1) is 9.08. The second-order valence-corrected chi connectivity index (χ2v) is 6.21. The molecule has 1 aromatic rings. The van der Waals surface area contributed by atoms with Gasteiger partial charge in [0.2, 0.25) is 0 Å². The van der Waals surface area contributed by atoms with Gasteiger partial charge in [0.1, 0.15) is 6.61 Å². The van der Waals surface area contributed by atoms with Gasteiger partial charge in [-0.3, -0.25) is 0 Å². The third kappa shape index (κ3) is 3.94. The van der Waals surface area contributed by atoms with Crippen LogP contribution in [-0.4, -0.2) is 25.3 Å². The van der Waals surface area contributed by atoms with Gasteiger partial charge in [-0.1, -0.05) is 15.9 Å². The summed E-state index contributed by atoms with van der Waals surface area (Å²) in [7, 11) is 0. The van der Waals surface area contributed by atoms with Crippen LogP contribution in [0.1, 0.15) is 29.6 Å². The van der Waals surface area contributed by atoms with Gasteiger partial charge in [0.25, 0.3) is 0 Å². The maximum atomic E-state index is 12.0. The van der Waals surface area contributed by atoms with Crippen molar-refractivity contribution in [3.05, 3.63) is 26.6 Å². The minimum absolute atomic E-state index is 0.00881. The molecule has 4 nitrogen and oxygen atoms in total. The molecule has 0 radical (unpaired) electrons. The SMILES string of the molecule is Nc1c(Br)cc(Br)cc1C(=O)OCC1CCCCO1. The number of halogens is 2. The standard InChI is InChI=1S/C13H15Br2NO3/c14-8-5-10(12(16)11(15)6-8)13(17)19-7-9-3-1-2-4-18-9/h5-6,9H,1-4,7,16H2. The number of ether oxygens (including phenoxy) is 2. The smallest absolute Gasteiger partial charge is 0.340 e. The molecule has 104 valence electrons. The Balaban J connectivity index is 1.99. The highest BCUT2D eigenvalue weighted by molar-refractivity contribution is 9.11. The Morgan fingerprint density at radius 2 is 2.21 bits per heavy atom. The number of hydrogen-bond acceptors (Lipinski definition) is 4. The van der Waals surface area contributed by atoms with Crippen LogP contribution in [0.4, 0.5) is 5.69 Å². The normalized spacial score (nSPS) is 19.2. The molecule has 0 aliphatic carbocycles. The molecule has 1 heterocycles. The minimum atomic E-state index is -0.423. The second kappa shape index (κ2) is 6.72. The monoisotopic (exact) mass is 391 g/mol. The molecule has 2 rings (SSSR count). The quantitative estimate of drug-likeness (QED) is 0.631. The van der Waals surface area contributed by atoms with Crippen LogP contribution in [0.3, 0.4) is 0 Å². The Morgan fingerprint density at radius 1 is 1.42 bits per heavy atom. The molecule has 0 spiro atoms. The number of anilines is 1. The van der Waals surface area contributed by atoms with Gasteiger partial charge in [-0.15, -0.1) is 0 Å². The lowest BCUT2D eigenvalue weighted by molar-refractivity contribution is -0.0300. The number of hydrogen-bond donors (Lipinski definition) is 1. The van der Waals surface area contributed by atoms with Crippen LogP contribution >= 0.6 is 31.9 Å². The van der Waals surface area contributed by atoms with E-state index in [4.69, 9.17) is 15.2 Å². The maximum Gasteiger partial charge on any atom is 0.340 e. The van der Waals surface area contributed by atoms with Crippen molar-refractivity contribution in [2.75, 3.05) is 18.9 Å². The van der Waals surface area contributed by atoms with Crippen molar-refractivity contribution in [1.82, 2.24) is 0 Å². The Kier molecular flexibility index (Phi) is 5.24. The molecule has 0 aromatic heterocycles. The van der Waals surface area contributed by atoms with Crippen LogP contribution in [0.2, 0.25) is 0 Å². The first-order valence-electron chi connectivity index (χ1n) is 6.11. The Hall–Kier alpha value is -0.590.